The molecule has 0 amide bonds. The summed E-state index contributed by atoms with van der Waals surface area (Å²) in [5, 5.41) is 4.16. The van der Waals surface area contributed by atoms with Gasteiger partial charge in [0.15, 0.2) is 0 Å². The van der Waals surface area contributed by atoms with E-state index in [0.29, 0.717) is 24.2 Å². The van der Waals surface area contributed by atoms with Crippen LogP contribution in [0.5, 0.6) is 5.75 Å². The molecule has 2 aromatic heterocycles. The van der Waals surface area contributed by atoms with E-state index in [-0.39, 0.29) is 0 Å². The highest BCUT2D eigenvalue weighted by Crippen LogP contribution is 2.24. The molecule has 0 fully saturated rings. The molecule has 2 aromatic carbocycles. The van der Waals surface area contributed by atoms with Gasteiger partial charge >= 0.3 is 0 Å². The first-order valence-electron chi connectivity index (χ1n) is 9.06. The average Bonchev–Trinajstić information content (AvgIpc) is 3.33. The summed E-state index contributed by atoms with van der Waals surface area (Å²) in [6, 6.07) is 14.4. The van der Waals surface area contributed by atoms with Gasteiger partial charge in [-0.25, -0.2) is 4.98 Å². The number of hydrogen-bond donors (Lipinski definition) is 0. The summed E-state index contributed by atoms with van der Waals surface area (Å²) >= 11 is 0. The maximum atomic E-state index is 5.45. The molecule has 0 aliphatic rings. The predicted octanol–water partition coefficient (Wildman–Crippen LogP) is 4.46. The van der Waals surface area contributed by atoms with Gasteiger partial charge in [-0.2, -0.15) is 4.98 Å². The second-order valence-electron chi connectivity index (χ2n) is 6.81. The predicted molar refractivity (Wildman–Crippen MR) is 104 cm³/mol. The van der Waals surface area contributed by atoms with Crippen LogP contribution in [0.15, 0.2) is 53.3 Å². The number of benzene rings is 2. The van der Waals surface area contributed by atoms with Crippen LogP contribution in [0.3, 0.4) is 0 Å². The highest BCUT2D eigenvalue weighted by molar-refractivity contribution is 5.80. The summed E-state index contributed by atoms with van der Waals surface area (Å²) < 4.78 is 12.8. The molecule has 6 nitrogen and oxygen atoms in total. The van der Waals surface area contributed by atoms with Gasteiger partial charge in [0, 0.05) is 18.0 Å². The van der Waals surface area contributed by atoms with Crippen molar-refractivity contribution in [3.63, 3.8) is 0 Å². The molecule has 138 valence electrons. The van der Waals surface area contributed by atoms with Gasteiger partial charge in [0.1, 0.15) is 5.75 Å². The van der Waals surface area contributed by atoms with Crippen molar-refractivity contribution in [2.24, 2.45) is 0 Å². The van der Waals surface area contributed by atoms with Crippen LogP contribution in [0.25, 0.3) is 22.4 Å². The Bertz CT molecular complexity index is 1050. The first-order valence-corrected chi connectivity index (χ1v) is 9.06. The first kappa shape index (κ1) is 17.3. The average molecular weight is 362 g/mol. The van der Waals surface area contributed by atoms with E-state index in [1.54, 1.807) is 7.11 Å². The molecular formula is C21H22N4O2. The first-order chi connectivity index (χ1) is 13.1. The van der Waals surface area contributed by atoms with E-state index in [1.165, 1.54) is 5.56 Å². The van der Waals surface area contributed by atoms with Crippen molar-refractivity contribution in [3.8, 4) is 17.1 Å². The van der Waals surface area contributed by atoms with Crippen LogP contribution >= 0.6 is 0 Å². The molecule has 0 atom stereocenters. The fourth-order valence-corrected chi connectivity index (χ4v) is 3.09. The van der Waals surface area contributed by atoms with Crippen molar-refractivity contribution in [1.82, 2.24) is 19.7 Å². The maximum absolute atomic E-state index is 5.45. The third kappa shape index (κ3) is 3.56. The van der Waals surface area contributed by atoms with E-state index in [4.69, 9.17) is 9.26 Å². The van der Waals surface area contributed by atoms with E-state index >= 15 is 0 Å². The largest absolute Gasteiger partial charge is 0.497 e. The van der Waals surface area contributed by atoms with Gasteiger partial charge in [0.25, 0.3) is 0 Å². The lowest BCUT2D eigenvalue weighted by molar-refractivity contribution is 0.379. The van der Waals surface area contributed by atoms with Crippen LogP contribution in [0, 0.1) is 0 Å². The molecule has 0 aliphatic heterocycles. The molecule has 4 aromatic rings. The number of fused-ring (bicyclic) bond motifs is 1. The SMILES string of the molecule is COc1ccc(CCc2nc(-c3ccc4ncn(C(C)C)c4c3)no2)cc1. The lowest BCUT2D eigenvalue weighted by Gasteiger charge is -2.07. The summed E-state index contributed by atoms with van der Waals surface area (Å²) in [4.78, 5) is 9.01. The van der Waals surface area contributed by atoms with Crippen LogP contribution in [0.1, 0.15) is 31.3 Å². The molecule has 0 saturated carbocycles. The minimum absolute atomic E-state index is 0.343. The van der Waals surface area contributed by atoms with Crippen molar-refractivity contribution < 1.29 is 9.26 Å². The Hall–Kier alpha value is -3.15. The van der Waals surface area contributed by atoms with Crippen LogP contribution in [-0.2, 0) is 12.8 Å². The maximum Gasteiger partial charge on any atom is 0.227 e. The Morgan fingerprint density at radius 2 is 1.89 bits per heavy atom. The number of imidazole rings is 1. The van der Waals surface area contributed by atoms with Gasteiger partial charge < -0.3 is 13.8 Å². The molecule has 0 spiro atoms. The number of methoxy groups -OCH3 is 1. The zero-order chi connectivity index (χ0) is 18.8. The number of aryl methyl sites for hydroxylation is 2. The van der Waals surface area contributed by atoms with Gasteiger partial charge in [0.05, 0.1) is 24.5 Å². The number of aromatic nitrogens is 4. The molecule has 27 heavy (non-hydrogen) atoms. The third-order valence-corrected chi connectivity index (χ3v) is 4.64. The smallest absolute Gasteiger partial charge is 0.227 e. The number of ether oxygens (including phenoxy) is 1. The second-order valence-corrected chi connectivity index (χ2v) is 6.81. The van der Waals surface area contributed by atoms with Crippen LogP contribution in [0.4, 0.5) is 0 Å². The van der Waals surface area contributed by atoms with Gasteiger partial charge in [-0.05, 0) is 56.2 Å². The van der Waals surface area contributed by atoms with Crippen molar-refractivity contribution >= 4 is 11.0 Å². The summed E-state index contributed by atoms with van der Waals surface area (Å²) in [5.41, 5.74) is 4.19. The fourth-order valence-electron chi connectivity index (χ4n) is 3.09. The molecule has 0 N–H and O–H groups in total. The molecule has 2 heterocycles. The minimum atomic E-state index is 0.343. The van der Waals surface area contributed by atoms with E-state index < -0.39 is 0 Å². The number of hydrogen-bond acceptors (Lipinski definition) is 5. The van der Waals surface area contributed by atoms with Gasteiger partial charge in [-0.3, -0.25) is 0 Å². The Morgan fingerprint density at radius 3 is 2.63 bits per heavy atom. The Kier molecular flexibility index (Phi) is 4.62. The normalized spacial score (nSPS) is 11.4. The summed E-state index contributed by atoms with van der Waals surface area (Å²) in [6.07, 6.45) is 3.41. The van der Waals surface area contributed by atoms with Gasteiger partial charge in [-0.15, -0.1) is 0 Å². The van der Waals surface area contributed by atoms with Crippen molar-refractivity contribution in [3.05, 3.63) is 60.2 Å². The van der Waals surface area contributed by atoms with Crippen molar-refractivity contribution in [2.45, 2.75) is 32.7 Å². The highest BCUT2D eigenvalue weighted by atomic mass is 16.5. The molecule has 4 rings (SSSR count). The van der Waals surface area contributed by atoms with Gasteiger partial charge in [0.2, 0.25) is 11.7 Å². The number of rotatable bonds is 6. The topological polar surface area (TPSA) is 66.0 Å². The van der Waals surface area contributed by atoms with E-state index in [2.05, 4.69) is 51.7 Å². The minimum Gasteiger partial charge on any atom is -0.497 e. The fraction of sp³-hybridized carbons (Fsp3) is 0.286. The zero-order valence-electron chi connectivity index (χ0n) is 15.7. The molecule has 0 aliphatic carbocycles. The van der Waals surface area contributed by atoms with Crippen molar-refractivity contribution in [2.75, 3.05) is 7.11 Å². The summed E-state index contributed by atoms with van der Waals surface area (Å²) in [6.45, 7) is 4.28. The van der Waals surface area contributed by atoms with E-state index in [9.17, 15) is 0 Å². The third-order valence-electron chi connectivity index (χ3n) is 4.64. The van der Waals surface area contributed by atoms with E-state index in [1.807, 2.05) is 30.6 Å². The van der Waals surface area contributed by atoms with Crippen LogP contribution in [0.2, 0.25) is 0 Å². The summed E-state index contributed by atoms with van der Waals surface area (Å²) in [7, 11) is 1.67. The standard InChI is InChI=1S/C21H22N4O2/c1-14(2)25-13-22-18-10-7-16(12-19(18)25)21-23-20(27-24-21)11-6-15-4-8-17(26-3)9-5-15/h4-5,7-10,12-14H,6,11H2,1-3H3. The number of nitrogens with zero attached hydrogens (tertiary/aromatic N) is 4. The summed E-state index contributed by atoms with van der Waals surface area (Å²) in [5.74, 6) is 2.10. The van der Waals surface area contributed by atoms with E-state index in [0.717, 1.165) is 28.8 Å². The molecular weight excluding hydrogens is 340 g/mol. The highest BCUT2D eigenvalue weighted by Gasteiger charge is 2.12. The second kappa shape index (κ2) is 7.23. The van der Waals surface area contributed by atoms with Crippen LogP contribution in [-0.4, -0.2) is 26.8 Å². The molecule has 0 unspecified atom stereocenters. The quantitative estimate of drug-likeness (QED) is 0.506. The Morgan fingerprint density at radius 1 is 1.07 bits per heavy atom. The lowest BCUT2D eigenvalue weighted by Crippen LogP contribution is -1.98. The Labute approximate surface area is 157 Å². The van der Waals surface area contributed by atoms with Crippen molar-refractivity contribution in [1.29, 1.82) is 0 Å². The van der Waals surface area contributed by atoms with Gasteiger partial charge in [-0.1, -0.05) is 17.3 Å². The lowest BCUT2D eigenvalue weighted by atomic mass is 10.1. The van der Waals surface area contributed by atoms with Crippen LogP contribution < -0.4 is 4.74 Å². The monoisotopic (exact) mass is 362 g/mol. The molecule has 0 radical (unpaired) electrons. The Balaban J connectivity index is 1.51. The molecule has 0 bridgehead atoms. The molecule has 6 heteroatoms. The molecule has 0 saturated heterocycles. The zero-order valence-corrected chi connectivity index (χ0v) is 15.7.